The zero-order valence-electron chi connectivity index (χ0n) is 18.5. The monoisotopic (exact) mass is 422 g/mol. The van der Waals surface area contributed by atoms with Crippen LogP contribution in [-0.4, -0.2) is 30.7 Å². The van der Waals surface area contributed by atoms with Crippen LogP contribution in [0.2, 0.25) is 0 Å². The molecular formula is C25H30N2O4. The van der Waals surface area contributed by atoms with Crippen LogP contribution in [0.5, 0.6) is 5.75 Å². The number of hydrogen-bond acceptors (Lipinski definition) is 4. The summed E-state index contributed by atoms with van der Waals surface area (Å²) in [6, 6.07) is 13.7. The average Bonchev–Trinajstić information content (AvgIpc) is 3.18. The topological polar surface area (TPSA) is 84.5 Å². The Morgan fingerprint density at radius 2 is 1.74 bits per heavy atom. The van der Waals surface area contributed by atoms with E-state index in [1.165, 1.54) is 5.56 Å². The first-order valence-corrected chi connectivity index (χ1v) is 10.5. The summed E-state index contributed by atoms with van der Waals surface area (Å²) in [6.45, 7) is 6.43. The number of methoxy groups -OCH3 is 1. The van der Waals surface area contributed by atoms with Gasteiger partial charge in [-0.05, 0) is 40.7 Å². The minimum Gasteiger partial charge on any atom is -0.497 e. The van der Waals surface area contributed by atoms with E-state index in [4.69, 9.17) is 4.74 Å². The summed E-state index contributed by atoms with van der Waals surface area (Å²) in [4.78, 5) is 37.4. The van der Waals surface area contributed by atoms with Crippen molar-refractivity contribution in [2.45, 2.75) is 57.5 Å². The summed E-state index contributed by atoms with van der Waals surface area (Å²) < 4.78 is 5.20. The van der Waals surface area contributed by atoms with Crippen LogP contribution in [0.3, 0.4) is 0 Å². The molecule has 2 atom stereocenters. The smallest absolute Gasteiger partial charge is 0.243 e. The lowest BCUT2D eigenvalue weighted by molar-refractivity contribution is -0.129. The number of benzene rings is 2. The SMILES string of the molecule is COc1ccc(C(NC(=O)C2CCC(=O)N2)C(=O)Cc2ccc(C(C)(C)C)cc2)cc1. The van der Waals surface area contributed by atoms with Crippen molar-refractivity contribution in [1.82, 2.24) is 10.6 Å². The fourth-order valence-corrected chi connectivity index (χ4v) is 3.63. The zero-order chi connectivity index (χ0) is 22.6. The third-order valence-electron chi connectivity index (χ3n) is 5.57. The molecule has 3 rings (SSSR count). The van der Waals surface area contributed by atoms with Gasteiger partial charge >= 0.3 is 0 Å². The molecular weight excluding hydrogens is 392 g/mol. The molecule has 0 aromatic heterocycles. The van der Waals surface area contributed by atoms with Gasteiger partial charge in [0, 0.05) is 12.8 Å². The molecule has 1 aliphatic heterocycles. The Morgan fingerprint density at radius 3 is 2.26 bits per heavy atom. The third kappa shape index (κ3) is 5.72. The molecule has 2 aromatic carbocycles. The second kappa shape index (κ2) is 9.33. The van der Waals surface area contributed by atoms with E-state index in [1.54, 1.807) is 31.4 Å². The number of ketones is 1. The second-order valence-corrected chi connectivity index (χ2v) is 8.96. The Morgan fingerprint density at radius 1 is 1.10 bits per heavy atom. The number of ether oxygens (including phenoxy) is 1. The van der Waals surface area contributed by atoms with Crippen molar-refractivity contribution in [3.8, 4) is 5.75 Å². The van der Waals surface area contributed by atoms with Gasteiger partial charge in [-0.2, -0.15) is 0 Å². The standard InChI is InChI=1S/C25H30N2O4/c1-25(2,3)18-9-5-16(6-10-18)15-21(28)23(17-7-11-19(31-4)12-8-17)27-24(30)20-13-14-22(29)26-20/h5-12,20,23H,13-15H2,1-4H3,(H,26,29)(H,27,30). The van der Waals surface area contributed by atoms with Crippen LogP contribution < -0.4 is 15.4 Å². The Kier molecular flexibility index (Phi) is 6.78. The van der Waals surface area contributed by atoms with Gasteiger partial charge in [-0.1, -0.05) is 57.2 Å². The van der Waals surface area contributed by atoms with Gasteiger partial charge in [0.1, 0.15) is 17.8 Å². The summed E-state index contributed by atoms with van der Waals surface area (Å²) >= 11 is 0. The fourth-order valence-electron chi connectivity index (χ4n) is 3.63. The van der Waals surface area contributed by atoms with E-state index in [-0.39, 0.29) is 29.4 Å². The van der Waals surface area contributed by atoms with Gasteiger partial charge in [0.25, 0.3) is 0 Å². The molecule has 1 heterocycles. The van der Waals surface area contributed by atoms with Crippen LogP contribution in [0.25, 0.3) is 0 Å². The highest BCUT2D eigenvalue weighted by Gasteiger charge is 2.31. The van der Waals surface area contributed by atoms with Gasteiger partial charge in [-0.15, -0.1) is 0 Å². The highest BCUT2D eigenvalue weighted by atomic mass is 16.5. The minimum atomic E-state index is -0.807. The van der Waals surface area contributed by atoms with Crippen LogP contribution in [0.4, 0.5) is 0 Å². The molecule has 31 heavy (non-hydrogen) atoms. The molecule has 0 saturated carbocycles. The summed E-state index contributed by atoms with van der Waals surface area (Å²) in [5.74, 6) is 0.0583. The van der Waals surface area contributed by atoms with E-state index < -0.39 is 12.1 Å². The van der Waals surface area contributed by atoms with Crippen molar-refractivity contribution >= 4 is 17.6 Å². The molecule has 2 unspecified atom stereocenters. The summed E-state index contributed by atoms with van der Waals surface area (Å²) in [6.07, 6.45) is 0.945. The molecule has 6 nitrogen and oxygen atoms in total. The first-order valence-electron chi connectivity index (χ1n) is 10.5. The minimum absolute atomic E-state index is 0.0356. The zero-order valence-corrected chi connectivity index (χ0v) is 18.5. The first-order chi connectivity index (χ1) is 14.7. The van der Waals surface area contributed by atoms with E-state index >= 15 is 0 Å². The molecule has 2 N–H and O–H groups in total. The molecule has 2 amide bonds. The third-order valence-corrected chi connectivity index (χ3v) is 5.57. The molecule has 0 aliphatic carbocycles. The van der Waals surface area contributed by atoms with E-state index in [0.29, 0.717) is 24.2 Å². The maximum absolute atomic E-state index is 13.2. The predicted octanol–water partition coefficient (Wildman–Crippen LogP) is 3.24. The maximum atomic E-state index is 13.2. The number of carbonyl (C=O) groups excluding carboxylic acids is 3. The van der Waals surface area contributed by atoms with Crippen LogP contribution in [0, 0.1) is 0 Å². The molecule has 0 radical (unpaired) electrons. The maximum Gasteiger partial charge on any atom is 0.243 e. The molecule has 1 saturated heterocycles. The summed E-state index contributed by atoms with van der Waals surface area (Å²) in [5, 5.41) is 5.50. The van der Waals surface area contributed by atoms with Gasteiger partial charge in [0.05, 0.1) is 7.11 Å². The Labute approximate surface area is 183 Å². The first kappa shape index (κ1) is 22.5. The number of nitrogens with one attached hydrogen (secondary N) is 2. The lowest BCUT2D eigenvalue weighted by Gasteiger charge is -2.21. The lowest BCUT2D eigenvalue weighted by Crippen LogP contribution is -2.45. The van der Waals surface area contributed by atoms with Crippen molar-refractivity contribution in [2.75, 3.05) is 7.11 Å². The van der Waals surface area contributed by atoms with Crippen LogP contribution in [-0.2, 0) is 26.2 Å². The molecule has 6 heteroatoms. The number of carbonyl (C=O) groups is 3. The summed E-state index contributed by atoms with van der Waals surface area (Å²) in [7, 11) is 1.57. The van der Waals surface area contributed by atoms with E-state index in [0.717, 1.165) is 5.56 Å². The van der Waals surface area contributed by atoms with E-state index in [2.05, 4.69) is 31.4 Å². The fraction of sp³-hybridized carbons (Fsp3) is 0.400. The van der Waals surface area contributed by atoms with Crippen molar-refractivity contribution < 1.29 is 19.1 Å². The van der Waals surface area contributed by atoms with Gasteiger partial charge in [-0.25, -0.2) is 0 Å². The molecule has 164 valence electrons. The van der Waals surface area contributed by atoms with E-state index in [9.17, 15) is 14.4 Å². The number of Topliss-reactive ketones (excluding diaryl/α,β-unsaturated/α-hetero) is 1. The molecule has 1 fully saturated rings. The Balaban J connectivity index is 1.79. The molecule has 2 aromatic rings. The van der Waals surface area contributed by atoms with Crippen LogP contribution >= 0.6 is 0 Å². The highest BCUT2D eigenvalue weighted by Crippen LogP contribution is 2.24. The Bertz CT molecular complexity index is 943. The lowest BCUT2D eigenvalue weighted by atomic mass is 9.86. The van der Waals surface area contributed by atoms with Crippen molar-refractivity contribution in [3.05, 3.63) is 65.2 Å². The molecule has 0 bridgehead atoms. The number of rotatable bonds is 7. The largest absolute Gasteiger partial charge is 0.497 e. The van der Waals surface area contributed by atoms with Crippen LogP contribution in [0.1, 0.15) is 56.3 Å². The Hall–Kier alpha value is -3.15. The normalized spacial score (nSPS) is 17.0. The predicted molar refractivity (Wildman–Crippen MR) is 119 cm³/mol. The van der Waals surface area contributed by atoms with Gasteiger partial charge < -0.3 is 15.4 Å². The van der Waals surface area contributed by atoms with Crippen molar-refractivity contribution in [3.63, 3.8) is 0 Å². The van der Waals surface area contributed by atoms with Crippen molar-refractivity contribution in [1.29, 1.82) is 0 Å². The average molecular weight is 423 g/mol. The molecule has 0 spiro atoms. The molecule has 1 aliphatic rings. The number of amides is 2. The van der Waals surface area contributed by atoms with Crippen molar-refractivity contribution in [2.24, 2.45) is 0 Å². The van der Waals surface area contributed by atoms with Crippen LogP contribution in [0.15, 0.2) is 48.5 Å². The second-order valence-electron chi connectivity index (χ2n) is 8.96. The van der Waals surface area contributed by atoms with E-state index in [1.807, 2.05) is 24.3 Å². The van der Waals surface area contributed by atoms with Gasteiger partial charge in [0.15, 0.2) is 5.78 Å². The quantitative estimate of drug-likeness (QED) is 0.717. The highest BCUT2D eigenvalue weighted by molar-refractivity contribution is 5.95. The van der Waals surface area contributed by atoms with Gasteiger partial charge in [0.2, 0.25) is 11.8 Å². The number of hydrogen-bond donors (Lipinski definition) is 2. The van der Waals surface area contributed by atoms with Gasteiger partial charge in [-0.3, -0.25) is 14.4 Å². The summed E-state index contributed by atoms with van der Waals surface area (Å²) in [5.41, 5.74) is 2.80.